The molecular weight excluding hydrogens is 410 g/mol. The first kappa shape index (κ1) is 19.2. The first-order valence-electron chi connectivity index (χ1n) is 8.40. The van der Waals surface area contributed by atoms with E-state index in [0.29, 0.717) is 23.0 Å². The maximum Gasteiger partial charge on any atom is 0.573 e. The summed E-state index contributed by atoms with van der Waals surface area (Å²) in [5, 5.41) is 0.378. The molecule has 0 atom stereocenters. The minimum absolute atomic E-state index is 0.209. The molecule has 0 aliphatic carbocycles. The maximum atomic E-state index is 14.1. The monoisotopic (exact) mass is 421 g/mol. The molecule has 0 N–H and O–H groups in total. The summed E-state index contributed by atoms with van der Waals surface area (Å²) in [5.41, 5.74) is 2.12. The molecule has 2 aliphatic heterocycles. The lowest BCUT2D eigenvalue weighted by molar-refractivity contribution is -0.274. The maximum absolute atomic E-state index is 14.1. The van der Waals surface area contributed by atoms with Crippen LogP contribution in [0, 0.1) is 5.82 Å². The van der Waals surface area contributed by atoms with E-state index in [1.165, 1.54) is 30.3 Å². The summed E-state index contributed by atoms with van der Waals surface area (Å²) < 4.78 is 56.4. The van der Waals surface area contributed by atoms with Crippen LogP contribution < -0.4 is 4.74 Å². The highest BCUT2D eigenvalue weighted by Gasteiger charge is 2.30. The Balaban J connectivity index is 1.57. The van der Waals surface area contributed by atoms with Gasteiger partial charge in [0.2, 0.25) is 0 Å². The second kappa shape index (κ2) is 7.36. The first-order valence-corrected chi connectivity index (χ1v) is 8.78. The number of imidazole rings is 1. The van der Waals surface area contributed by atoms with E-state index in [1.54, 1.807) is 35.2 Å². The average molecular weight is 422 g/mol. The van der Waals surface area contributed by atoms with E-state index in [-0.39, 0.29) is 17.1 Å². The largest absolute Gasteiger partial charge is 0.573 e. The van der Waals surface area contributed by atoms with Crippen LogP contribution in [0.4, 0.5) is 17.6 Å². The Morgan fingerprint density at radius 1 is 0.966 bits per heavy atom. The Kier molecular flexibility index (Phi) is 4.87. The third-order valence-electron chi connectivity index (χ3n) is 4.12. The van der Waals surface area contributed by atoms with E-state index in [9.17, 15) is 17.6 Å². The van der Waals surface area contributed by atoms with E-state index < -0.39 is 12.2 Å². The molecule has 2 aromatic rings. The molecule has 0 spiro atoms. The summed E-state index contributed by atoms with van der Waals surface area (Å²) in [4.78, 5) is 8.70. The van der Waals surface area contributed by atoms with Crippen LogP contribution in [-0.2, 0) is 6.54 Å². The van der Waals surface area contributed by atoms with Gasteiger partial charge >= 0.3 is 6.36 Å². The van der Waals surface area contributed by atoms with E-state index >= 15 is 0 Å². The van der Waals surface area contributed by atoms with Gasteiger partial charge in [-0.25, -0.2) is 14.4 Å². The molecule has 0 unspecified atom stereocenters. The average Bonchev–Trinajstić information content (AvgIpc) is 3.07. The number of ether oxygens (including phenoxy) is 1. The van der Waals surface area contributed by atoms with Gasteiger partial charge in [-0.15, -0.1) is 13.2 Å². The van der Waals surface area contributed by atoms with Crippen molar-refractivity contribution in [1.82, 2.24) is 14.5 Å². The number of rotatable bonds is 4. The molecule has 4 nitrogen and oxygen atoms in total. The summed E-state index contributed by atoms with van der Waals surface area (Å²) in [7, 11) is 0. The summed E-state index contributed by atoms with van der Waals surface area (Å²) >= 11 is 5.93. The van der Waals surface area contributed by atoms with Crippen molar-refractivity contribution < 1.29 is 22.3 Å². The molecule has 0 radical (unpaired) electrons. The molecule has 9 heteroatoms. The molecule has 4 rings (SSSR count). The van der Waals surface area contributed by atoms with Crippen LogP contribution in [0.15, 0.2) is 60.9 Å². The van der Waals surface area contributed by atoms with Crippen molar-refractivity contribution in [3.05, 3.63) is 77.3 Å². The van der Waals surface area contributed by atoms with Gasteiger partial charge in [0.15, 0.2) is 5.82 Å². The van der Waals surface area contributed by atoms with Crippen molar-refractivity contribution in [1.29, 1.82) is 0 Å². The molecule has 29 heavy (non-hydrogen) atoms. The Hall–Kier alpha value is -3.13. The Labute approximate surface area is 167 Å². The second-order valence-corrected chi connectivity index (χ2v) is 6.69. The van der Waals surface area contributed by atoms with E-state index in [2.05, 4.69) is 14.7 Å². The quantitative estimate of drug-likeness (QED) is 0.392. The number of alkyl halides is 3. The number of aromatic nitrogens is 3. The van der Waals surface area contributed by atoms with Gasteiger partial charge in [-0.3, -0.25) is 0 Å². The van der Waals surface area contributed by atoms with Crippen LogP contribution in [0.3, 0.4) is 0 Å². The number of fused-ring (bicyclic) bond motifs is 1. The highest BCUT2D eigenvalue weighted by molar-refractivity contribution is 6.30. The molecule has 2 aliphatic rings. The zero-order chi connectivity index (χ0) is 20.6. The fourth-order valence-electron chi connectivity index (χ4n) is 2.85. The van der Waals surface area contributed by atoms with Crippen LogP contribution >= 0.6 is 11.6 Å². The molecule has 148 valence electrons. The van der Waals surface area contributed by atoms with E-state index in [4.69, 9.17) is 11.6 Å². The van der Waals surface area contributed by atoms with Crippen LogP contribution in [0.25, 0.3) is 22.8 Å². The van der Waals surface area contributed by atoms with Crippen LogP contribution in [0.2, 0.25) is 5.02 Å². The van der Waals surface area contributed by atoms with Crippen molar-refractivity contribution in [3.63, 3.8) is 0 Å². The van der Waals surface area contributed by atoms with Gasteiger partial charge in [0.25, 0.3) is 0 Å². The van der Waals surface area contributed by atoms with E-state index in [0.717, 1.165) is 5.56 Å². The zero-order valence-electron chi connectivity index (χ0n) is 14.6. The SMILES string of the molecule is Fc1ccc(Cl)cc1-c1nc2ccn(Cc3ccc(OC(F)(F)F)cc3)cc-2n1. The van der Waals surface area contributed by atoms with Gasteiger partial charge in [0.1, 0.15) is 17.3 Å². The molecule has 0 amide bonds. The summed E-state index contributed by atoms with van der Waals surface area (Å²) in [6.45, 7) is 0.399. The summed E-state index contributed by atoms with van der Waals surface area (Å²) in [5.74, 6) is -0.526. The summed E-state index contributed by atoms with van der Waals surface area (Å²) in [6.07, 6.45) is -1.23. The minimum atomic E-state index is -4.72. The van der Waals surface area contributed by atoms with Crippen molar-refractivity contribution >= 4 is 11.6 Å². The molecule has 2 heterocycles. The predicted octanol–water partition coefficient (Wildman–Crippen LogP) is 5.79. The number of nitrogens with zero attached hydrogens (tertiary/aromatic N) is 3. The number of pyridine rings is 1. The molecule has 2 aromatic carbocycles. The zero-order valence-corrected chi connectivity index (χ0v) is 15.4. The molecular formula is C20H12ClF4N3O. The van der Waals surface area contributed by atoms with Gasteiger partial charge in [0.05, 0.1) is 11.3 Å². The summed E-state index contributed by atoms with van der Waals surface area (Å²) in [6, 6.07) is 11.5. The molecule has 0 saturated carbocycles. The van der Waals surface area contributed by atoms with Gasteiger partial charge < -0.3 is 9.30 Å². The topological polar surface area (TPSA) is 39.9 Å². The van der Waals surface area contributed by atoms with Crippen molar-refractivity contribution in [2.24, 2.45) is 0 Å². The lowest BCUT2D eigenvalue weighted by Gasteiger charge is -2.11. The first-order chi connectivity index (χ1) is 13.8. The van der Waals surface area contributed by atoms with Gasteiger partial charge in [-0.1, -0.05) is 23.7 Å². The number of halogens is 5. The van der Waals surface area contributed by atoms with Crippen LogP contribution in [0.1, 0.15) is 5.56 Å². The van der Waals surface area contributed by atoms with Gasteiger partial charge in [-0.2, -0.15) is 0 Å². The molecule has 0 fully saturated rings. The fourth-order valence-corrected chi connectivity index (χ4v) is 3.02. The molecule has 0 bridgehead atoms. The highest BCUT2D eigenvalue weighted by atomic mass is 35.5. The van der Waals surface area contributed by atoms with Gasteiger partial charge in [0, 0.05) is 24.0 Å². The predicted molar refractivity (Wildman–Crippen MR) is 99.3 cm³/mol. The van der Waals surface area contributed by atoms with Crippen LogP contribution in [-0.4, -0.2) is 20.9 Å². The van der Waals surface area contributed by atoms with Crippen molar-refractivity contribution in [2.75, 3.05) is 0 Å². The van der Waals surface area contributed by atoms with Crippen molar-refractivity contribution in [2.45, 2.75) is 12.9 Å². The van der Waals surface area contributed by atoms with Crippen LogP contribution in [0.5, 0.6) is 5.75 Å². The Bertz CT molecular complexity index is 1130. The number of benzene rings is 2. The third kappa shape index (κ3) is 4.48. The Morgan fingerprint density at radius 2 is 1.69 bits per heavy atom. The second-order valence-electron chi connectivity index (χ2n) is 6.25. The third-order valence-corrected chi connectivity index (χ3v) is 4.35. The normalized spacial score (nSPS) is 11.8. The Morgan fingerprint density at radius 3 is 2.41 bits per heavy atom. The standard InChI is InChI=1S/C20H12ClF4N3O/c21-13-3-6-16(22)15(9-13)19-26-17-7-8-28(11-18(17)27-19)10-12-1-4-14(5-2-12)29-20(23,24)25/h1-9,11H,10H2. The van der Waals surface area contributed by atoms with E-state index in [1.807, 2.05) is 0 Å². The highest BCUT2D eigenvalue weighted by Crippen LogP contribution is 2.29. The molecule has 0 aromatic heterocycles. The fraction of sp³-hybridized carbons (Fsp3) is 0.100. The number of hydrogen-bond donors (Lipinski definition) is 0. The van der Waals surface area contributed by atoms with Gasteiger partial charge in [-0.05, 0) is 42.0 Å². The lowest BCUT2D eigenvalue weighted by Crippen LogP contribution is -2.17. The smallest absolute Gasteiger partial charge is 0.406 e. The minimum Gasteiger partial charge on any atom is -0.406 e. The molecule has 0 saturated heterocycles. The van der Waals surface area contributed by atoms with Crippen molar-refractivity contribution in [3.8, 4) is 28.5 Å². The lowest BCUT2D eigenvalue weighted by atomic mass is 10.2. The number of hydrogen-bond acceptors (Lipinski definition) is 3.